The number of hydrogen-bond donors (Lipinski definition) is 1. The number of nitro groups is 1. The van der Waals surface area contributed by atoms with E-state index in [9.17, 15) is 10.1 Å². The van der Waals surface area contributed by atoms with Gasteiger partial charge >= 0.3 is 0 Å². The van der Waals surface area contributed by atoms with E-state index >= 15 is 0 Å². The largest absolute Gasteiger partial charge is 0.493 e. The second-order valence-electron chi connectivity index (χ2n) is 6.68. The standard InChI is InChI=1S/C22H17Cl2N3O5/c1-30-19-7-6-14-17(26-20-15(23)10-25-11-16(20)24)8-9-31-21(14)22(19)32-12-13-4-2-3-5-18(13)27(28)29/h2-8,10-11H,9,12H2,1H3,(H,25,26). The lowest BCUT2D eigenvalue weighted by molar-refractivity contribution is -0.385. The van der Waals surface area contributed by atoms with Crippen LogP contribution in [0.3, 0.4) is 0 Å². The lowest BCUT2D eigenvalue weighted by atomic mass is 10.1. The number of rotatable bonds is 7. The molecule has 0 aliphatic carbocycles. The summed E-state index contributed by atoms with van der Waals surface area (Å²) in [5, 5.41) is 15.3. The Bertz CT molecular complexity index is 1200. The third kappa shape index (κ3) is 4.28. The van der Waals surface area contributed by atoms with Gasteiger partial charge in [0.1, 0.15) is 13.2 Å². The van der Waals surface area contributed by atoms with Gasteiger partial charge in [0.25, 0.3) is 5.69 Å². The third-order valence-corrected chi connectivity index (χ3v) is 5.35. The van der Waals surface area contributed by atoms with Crippen molar-refractivity contribution in [1.29, 1.82) is 0 Å². The molecule has 32 heavy (non-hydrogen) atoms. The third-order valence-electron chi connectivity index (χ3n) is 4.77. The van der Waals surface area contributed by atoms with Gasteiger partial charge in [0.15, 0.2) is 11.5 Å². The predicted molar refractivity (Wildman–Crippen MR) is 122 cm³/mol. The fourth-order valence-electron chi connectivity index (χ4n) is 3.26. The minimum Gasteiger partial charge on any atom is -0.493 e. The Hall–Kier alpha value is -3.49. The number of aromatic nitrogens is 1. The first-order chi connectivity index (χ1) is 15.5. The molecule has 1 aliphatic rings. The smallest absolute Gasteiger partial charge is 0.276 e. The van der Waals surface area contributed by atoms with Crippen molar-refractivity contribution in [2.75, 3.05) is 19.0 Å². The molecule has 0 atom stereocenters. The lowest BCUT2D eigenvalue weighted by Crippen LogP contribution is -2.12. The van der Waals surface area contributed by atoms with Crippen molar-refractivity contribution >= 4 is 40.3 Å². The number of fused-ring (bicyclic) bond motifs is 1. The van der Waals surface area contributed by atoms with Gasteiger partial charge in [0, 0.05) is 29.7 Å². The molecule has 1 aliphatic heterocycles. The molecular weight excluding hydrogens is 457 g/mol. The number of ether oxygens (including phenoxy) is 3. The summed E-state index contributed by atoms with van der Waals surface area (Å²) < 4.78 is 17.3. The average molecular weight is 474 g/mol. The highest BCUT2D eigenvalue weighted by molar-refractivity contribution is 6.39. The lowest BCUT2D eigenvalue weighted by Gasteiger charge is -2.24. The van der Waals surface area contributed by atoms with Crippen molar-refractivity contribution < 1.29 is 19.1 Å². The predicted octanol–water partition coefficient (Wildman–Crippen LogP) is 5.73. The molecule has 0 unspecified atom stereocenters. The van der Waals surface area contributed by atoms with Crippen molar-refractivity contribution in [2.45, 2.75) is 6.61 Å². The summed E-state index contributed by atoms with van der Waals surface area (Å²) >= 11 is 12.5. The van der Waals surface area contributed by atoms with Crippen LogP contribution in [0.1, 0.15) is 11.1 Å². The van der Waals surface area contributed by atoms with E-state index < -0.39 is 4.92 Å². The molecular formula is C22H17Cl2N3O5. The fraction of sp³-hybridized carbons (Fsp3) is 0.136. The van der Waals surface area contributed by atoms with E-state index in [0.717, 1.165) is 0 Å². The first kappa shape index (κ1) is 21.7. The van der Waals surface area contributed by atoms with Gasteiger partial charge < -0.3 is 19.5 Å². The Balaban J connectivity index is 1.68. The number of pyridine rings is 1. The second kappa shape index (κ2) is 9.33. The molecule has 0 amide bonds. The van der Waals surface area contributed by atoms with Crippen LogP contribution in [0.25, 0.3) is 5.70 Å². The molecule has 10 heteroatoms. The summed E-state index contributed by atoms with van der Waals surface area (Å²) in [6, 6.07) is 9.93. The number of benzene rings is 2. The Morgan fingerprint density at radius 1 is 1.19 bits per heavy atom. The number of anilines is 1. The summed E-state index contributed by atoms with van der Waals surface area (Å²) in [7, 11) is 1.51. The quantitative estimate of drug-likeness (QED) is 0.345. The summed E-state index contributed by atoms with van der Waals surface area (Å²) in [5.74, 6) is 1.21. The minimum absolute atomic E-state index is 0.0265. The minimum atomic E-state index is -0.445. The molecule has 1 N–H and O–H groups in total. The SMILES string of the molecule is COc1ccc2c(c1OCc1ccccc1[N+](=O)[O-])OCC=C2Nc1c(Cl)cncc1Cl. The Kier molecular flexibility index (Phi) is 6.34. The van der Waals surface area contributed by atoms with E-state index in [1.54, 1.807) is 24.3 Å². The molecule has 0 saturated heterocycles. The molecule has 1 aromatic heterocycles. The fourth-order valence-corrected chi connectivity index (χ4v) is 3.72. The number of nitrogens with one attached hydrogen (secondary N) is 1. The van der Waals surface area contributed by atoms with E-state index in [4.69, 9.17) is 37.4 Å². The highest BCUT2D eigenvalue weighted by Crippen LogP contribution is 2.45. The van der Waals surface area contributed by atoms with Gasteiger partial charge in [-0.25, -0.2) is 0 Å². The molecule has 2 heterocycles. The van der Waals surface area contributed by atoms with Crippen molar-refractivity contribution in [3.8, 4) is 17.2 Å². The number of methoxy groups -OCH3 is 1. The van der Waals surface area contributed by atoms with Gasteiger partial charge in [-0.3, -0.25) is 15.1 Å². The molecule has 0 bridgehead atoms. The zero-order chi connectivity index (χ0) is 22.7. The molecule has 164 valence electrons. The van der Waals surface area contributed by atoms with Crippen LogP contribution in [0.5, 0.6) is 17.2 Å². The molecule has 8 nitrogen and oxygen atoms in total. The molecule has 0 spiro atoms. The summed E-state index contributed by atoms with van der Waals surface area (Å²) in [6.45, 7) is 0.215. The van der Waals surface area contributed by atoms with E-state index in [1.165, 1.54) is 25.6 Å². The van der Waals surface area contributed by atoms with Crippen LogP contribution in [0, 0.1) is 10.1 Å². The van der Waals surface area contributed by atoms with Crippen molar-refractivity contribution in [3.63, 3.8) is 0 Å². The topological polar surface area (TPSA) is 95.8 Å². The van der Waals surface area contributed by atoms with Crippen LogP contribution in [0.2, 0.25) is 10.0 Å². The number of nitrogens with zero attached hydrogens (tertiary/aromatic N) is 2. The normalized spacial score (nSPS) is 12.3. The van der Waals surface area contributed by atoms with Crippen LogP contribution in [0.15, 0.2) is 54.9 Å². The van der Waals surface area contributed by atoms with E-state index in [0.29, 0.717) is 49.8 Å². The molecule has 0 saturated carbocycles. The molecule has 0 fully saturated rings. The second-order valence-corrected chi connectivity index (χ2v) is 7.49. The van der Waals surface area contributed by atoms with E-state index in [1.807, 2.05) is 12.1 Å². The van der Waals surface area contributed by atoms with Gasteiger partial charge in [-0.05, 0) is 24.3 Å². The molecule has 2 aromatic carbocycles. The number of hydrogen-bond acceptors (Lipinski definition) is 7. The van der Waals surface area contributed by atoms with Gasteiger partial charge in [0.2, 0.25) is 5.75 Å². The Labute approximate surface area is 193 Å². The highest BCUT2D eigenvalue weighted by atomic mass is 35.5. The van der Waals surface area contributed by atoms with Crippen LogP contribution in [0.4, 0.5) is 11.4 Å². The highest BCUT2D eigenvalue weighted by Gasteiger charge is 2.24. The van der Waals surface area contributed by atoms with Crippen LogP contribution in [-0.2, 0) is 6.61 Å². The molecule has 3 aromatic rings. The van der Waals surface area contributed by atoms with Crippen LogP contribution in [-0.4, -0.2) is 23.6 Å². The zero-order valence-corrected chi connectivity index (χ0v) is 18.3. The van der Waals surface area contributed by atoms with Gasteiger partial charge in [-0.15, -0.1) is 0 Å². The van der Waals surface area contributed by atoms with Crippen molar-refractivity contribution in [1.82, 2.24) is 4.98 Å². The maximum atomic E-state index is 11.3. The molecule has 0 radical (unpaired) electrons. The van der Waals surface area contributed by atoms with Gasteiger partial charge in [0.05, 0.1) is 33.3 Å². The maximum absolute atomic E-state index is 11.3. The maximum Gasteiger partial charge on any atom is 0.276 e. The zero-order valence-electron chi connectivity index (χ0n) is 16.8. The number of nitro benzene ring substituents is 1. The monoisotopic (exact) mass is 473 g/mol. The Morgan fingerprint density at radius 3 is 2.66 bits per heavy atom. The van der Waals surface area contributed by atoms with E-state index in [2.05, 4.69) is 10.3 Å². The number of halogens is 2. The average Bonchev–Trinajstić information content (AvgIpc) is 2.80. The van der Waals surface area contributed by atoms with E-state index in [-0.39, 0.29) is 18.9 Å². The first-order valence-corrected chi connectivity index (χ1v) is 10.2. The summed E-state index contributed by atoms with van der Waals surface area (Å²) in [4.78, 5) is 14.8. The summed E-state index contributed by atoms with van der Waals surface area (Å²) in [5.41, 5.74) is 2.32. The van der Waals surface area contributed by atoms with Crippen molar-refractivity contribution in [3.05, 3.63) is 86.2 Å². The Morgan fingerprint density at radius 2 is 1.94 bits per heavy atom. The first-order valence-electron chi connectivity index (χ1n) is 9.45. The van der Waals surface area contributed by atoms with Crippen LogP contribution < -0.4 is 19.5 Å². The van der Waals surface area contributed by atoms with Crippen molar-refractivity contribution in [2.24, 2.45) is 0 Å². The summed E-state index contributed by atoms with van der Waals surface area (Å²) in [6.07, 6.45) is 4.82. The van der Waals surface area contributed by atoms with Gasteiger partial charge in [-0.1, -0.05) is 35.3 Å². The number of para-hydroxylation sites is 1. The molecule has 4 rings (SSSR count). The van der Waals surface area contributed by atoms with Gasteiger partial charge in [-0.2, -0.15) is 0 Å². The van der Waals surface area contributed by atoms with Crippen LogP contribution >= 0.6 is 23.2 Å².